The molecule has 2 aliphatic carbocycles. The van der Waals surface area contributed by atoms with Crippen molar-refractivity contribution in [1.29, 1.82) is 0 Å². The van der Waals surface area contributed by atoms with Gasteiger partial charge in [0.15, 0.2) is 0 Å². The minimum Gasteiger partial charge on any atom is -0.459 e. The molecule has 0 radical (unpaired) electrons. The molecule has 0 saturated heterocycles. The quantitative estimate of drug-likeness (QED) is 0.593. The van der Waals surface area contributed by atoms with Crippen molar-refractivity contribution < 1.29 is 9.53 Å². The van der Waals surface area contributed by atoms with E-state index in [-0.39, 0.29) is 11.6 Å². The predicted molar refractivity (Wildman–Crippen MR) is 87.2 cm³/mol. The number of esters is 1. The molecule has 2 heteroatoms. The van der Waals surface area contributed by atoms with Gasteiger partial charge in [0, 0.05) is 6.42 Å². The monoisotopic (exact) mass is 294 g/mol. The van der Waals surface area contributed by atoms with Crippen molar-refractivity contribution >= 4 is 5.97 Å². The molecule has 0 atom stereocenters. The molecule has 0 aromatic heterocycles. The Morgan fingerprint density at radius 2 is 1.57 bits per heavy atom. The van der Waals surface area contributed by atoms with Crippen LogP contribution in [0.15, 0.2) is 0 Å². The molecule has 2 saturated carbocycles. The van der Waals surface area contributed by atoms with Crippen molar-refractivity contribution in [2.75, 3.05) is 0 Å². The van der Waals surface area contributed by atoms with Gasteiger partial charge in [0.2, 0.25) is 0 Å². The zero-order valence-corrected chi connectivity index (χ0v) is 14.2. The van der Waals surface area contributed by atoms with E-state index in [0.717, 1.165) is 43.9 Å². The first-order valence-electron chi connectivity index (χ1n) is 9.41. The van der Waals surface area contributed by atoms with E-state index in [1.165, 1.54) is 44.9 Å². The lowest BCUT2D eigenvalue weighted by atomic mass is 9.68. The Balaban J connectivity index is 1.88. The summed E-state index contributed by atoms with van der Waals surface area (Å²) in [6.45, 7) is 4.26. The van der Waals surface area contributed by atoms with Crippen LogP contribution >= 0.6 is 0 Å². The second-order valence-corrected chi connectivity index (χ2v) is 7.39. The van der Waals surface area contributed by atoms with Crippen LogP contribution in [0.2, 0.25) is 0 Å². The van der Waals surface area contributed by atoms with Crippen LogP contribution in [0.1, 0.15) is 97.3 Å². The molecular weight excluding hydrogens is 260 g/mol. The number of hydrogen-bond donors (Lipinski definition) is 0. The number of carbonyl (C=O) groups is 1. The van der Waals surface area contributed by atoms with E-state index < -0.39 is 0 Å². The van der Waals surface area contributed by atoms with E-state index in [4.69, 9.17) is 4.74 Å². The van der Waals surface area contributed by atoms with Gasteiger partial charge in [-0.3, -0.25) is 4.79 Å². The lowest BCUT2D eigenvalue weighted by molar-refractivity contribution is -0.166. The van der Waals surface area contributed by atoms with Gasteiger partial charge in [0.1, 0.15) is 5.60 Å². The topological polar surface area (TPSA) is 26.3 Å². The Morgan fingerprint density at radius 3 is 2.14 bits per heavy atom. The first-order chi connectivity index (χ1) is 10.2. The molecule has 2 nitrogen and oxygen atoms in total. The largest absolute Gasteiger partial charge is 0.459 e. The summed E-state index contributed by atoms with van der Waals surface area (Å²) in [6.07, 6.45) is 15.6. The summed E-state index contributed by atoms with van der Waals surface area (Å²) in [4.78, 5) is 12.0. The standard InChI is InChI=1S/C19H34O2/c1-3-8-18(20)21-19(13-4-2)14-11-17(12-15-19)16-9-6-5-7-10-16/h16-17H,3-15H2,1-2H3/t17-,19+. The maximum atomic E-state index is 12.0. The fourth-order valence-electron chi connectivity index (χ4n) is 4.60. The van der Waals surface area contributed by atoms with Crippen molar-refractivity contribution in [1.82, 2.24) is 0 Å². The van der Waals surface area contributed by atoms with Gasteiger partial charge in [-0.25, -0.2) is 0 Å². The van der Waals surface area contributed by atoms with Gasteiger partial charge in [-0.15, -0.1) is 0 Å². The second kappa shape index (κ2) is 8.19. The first kappa shape index (κ1) is 16.8. The highest BCUT2D eigenvalue weighted by molar-refractivity contribution is 5.69. The van der Waals surface area contributed by atoms with Crippen LogP contribution in [-0.4, -0.2) is 11.6 Å². The molecule has 2 fully saturated rings. The van der Waals surface area contributed by atoms with E-state index in [2.05, 4.69) is 6.92 Å². The summed E-state index contributed by atoms with van der Waals surface area (Å²) in [5.41, 5.74) is -0.119. The SMILES string of the molecule is CCCC(=O)O[C@]1(CCC)CC[C@H](C2CCCCC2)CC1. The molecule has 0 N–H and O–H groups in total. The maximum absolute atomic E-state index is 12.0. The lowest BCUT2D eigenvalue weighted by Crippen LogP contribution is -2.40. The molecule has 0 amide bonds. The Morgan fingerprint density at radius 1 is 0.952 bits per heavy atom. The maximum Gasteiger partial charge on any atom is 0.306 e. The van der Waals surface area contributed by atoms with Gasteiger partial charge in [0.05, 0.1) is 0 Å². The Labute approximate surface area is 131 Å². The zero-order valence-electron chi connectivity index (χ0n) is 14.2. The summed E-state index contributed by atoms with van der Waals surface area (Å²) in [6, 6.07) is 0. The second-order valence-electron chi connectivity index (χ2n) is 7.39. The third-order valence-electron chi connectivity index (χ3n) is 5.75. The third kappa shape index (κ3) is 4.72. The van der Waals surface area contributed by atoms with Gasteiger partial charge < -0.3 is 4.74 Å². The summed E-state index contributed by atoms with van der Waals surface area (Å²) < 4.78 is 5.96. The lowest BCUT2D eigenvalue weighted by Gasteiger charge is -2.42. The molecule has 2 rings (SSSR count). The van der Waals surface area contributed by atoms with Gasteiger partial charge in [-0.2, -0.15) is 0 Å². The molecule has 0 spiro atoms. The normalized spacial score (nSPS) is 31.0. The van der Waals surface area contributed by atoms with Crippen LogP contribution in [-0.2, 0) is 9.53 Å². The van der Waals surface area contributed by atoms with E-state index >= 15 is 0 Å². The molecular formula is C19H34O2. The highest BCUT2D eigenvalue weighted by atomic mass is 16.6. The van der Waals surface area contributed by atoms with Crippen molar-refractivity contribution in [3.8, 4) is 0 Å². The van der Waals surface area contributed by atoms with Gasteiger partial charge in [-0.1, -0.05) is 52.4 Å². The van der Waals surface area contributed by atoms with Gasteiger partial charge in [-0.05, 0) is 50.4 Å². The highest BCUT2D eigenvalue weighted by Gasteiger charge is 2.39. The van der Waals surface area contributed by atoms with Crippen molar-refractivity contribution in [2.45, 2.75) is 103 Å². The van der Waals surface area contributed by atoms with Crippen LogP contribution < -0.4 is 0 Å². The van der Waals surface area contributed by atoms with Crippen molar-refractivity contribution in [2.24, 2.45) is 11.8 Å². The van der Waals surface area contributed by atoms with E-state index in [1.807, 2.05) is 6.92 Å². The molecule has 2 aliphatic rings. The summed E-state index contributed by atoms with van der Waals surface area (Å²) in [7, 11) is 0. The first-order valence-corrected chi connectivity index (χ1v) is 9.41. The summed E-state index contributed by atoms with van der Waals surface area (Å²) in [5.74, 6) is 1.90. The summed E-state index contributed by atoms with van der Waals surface area (Å²) in [5, 5.41) is 0. The van der Waals surface area contributed by atoms with E-state index in [0.29, 0.717) is 6.42 Å². The fraction of sp³-hybridized carbons (Fsp3) is 0.947. The number of carbonyl (C=O) groups excluding carboxylic acids is 1. The highest BCUT2D eigenvalue weighted by Crippen LogP contribution is 2.44. The molecule has 0 unspecified atom stereocenters. The minimum atomic E-state index is -0.119. The molecule has 21 heavy (non-hydrogen) atoms. The molecule has 0 aromatic carbocycles. The smallest absolute Gasteiger partial charge is 0.306 e. The van der Waals surface area contributed by atoms with Crippen LogP contribution in [0.4, 0.5) is 0 Å². The van der Waals surface area contributed by atoms with Crippen molar-refractivity contribution in [3.63, 3.8) is 0 Å². The molecule has 0 bridgehead atoms. The van der Waals surface area contributed by atoms with Crippen LogP contribution in [0, 0.1) is 11.8 Å². The Kier molecular flexibility index (Phi) is 6.57. The summed E-state index contributed by atoms with van der Waals surface area (Å²) >= 11 is 0. The number of rotatable bonds is 6. The third-order valence-corrected chi connectivity index (χ3v) is 5.75. The van der Waals surface area contributed by atoms with Crippen LogP contribution in [0.5, 0.6) is 0 Å². The van der Waals surface area contributed by atoms with Gasteiger partial charge in [0.25, 0.3) is 0 Å². The molecule has 122 valence electrons. The number of ether oxygens (including phenoxy) is 1. The average molecular weight is 294 g/mol. The zero-order chi connectivity index (χ0) is 15.1. The van der Waals surface area contributed by atoms with E-state index in [9.17, 15) is 4.79 Å². The predicted octanol–water partition coefficient (Wildman–Crippen LogP) is 5.64. The van der Waals surface area contributed by atoms with E-state index in [1.54, 1.807) is 0 Å². The molecule has 0 heterocycles. The van der Waals surface area contributed by atoms with Crippen molar-refractivity contribution in [3.05, 3.63) is 0 Å². The van der Waals surface area contributed by atoms with Gasteiger partial charge >= 0.3 is 5.97 Å². The average Bonchev–Trinajstić information content (AvgIpc) is 2.49. The van der Waals surface area contributed by atoms with Crippen LogP contribution in [0.3, 0.4) is 0 Å². The Hall–Kier alpha value is -0.530. The molecule has 0 aromatic rings. The fourth-order valence-corrected chi connectivity index (χ4v) is 4.60. The van der Waals surface area contributed by atoms with Crippen LogP contribution in [0.25, 0.3) is 0 Å². The molecule has 0 aliphatic heterocycles. The minimum absolute atomic E-state index is 0.0297. The Bertz CT molecular complexity index is 310. The number of hydrogen-bond acceptors (Lipinski definition) is 2.